The summed E-state index contributed by atoms with van der Waals surface area (Å²) in [6, 6.07) is 6.66. The quantitative estimate of drug-likeness (QED) is 0.619. The average Bonchev–Trinajstić information content (AvgIpc) is 3.17. The van der Waals surface area contributed by atoms with E-state index >= 15 is 0 Å². The second-order valence-electron chi connectivity index (χ2n) is 9.37. The first-order chi connectivity index (χ1) is 15.1. The van der Waals surface area contributed by atoms with Crippen LogP contribution in [-0.2, 0) is 9.84 Å². The lowest BCUT2D eigenvalue weighted by molar-refractivity contribution is 0.0959. The molecule has 2 atom stereocenters. The maximum atomic E-state index is 12.8. The topological polar surface area (TPSA) is 114 Å². The molecule has 2 aromatic heterocycles. The van der Waals surface area contributed by atoms with Crippen molar-refractivity contribution in [3.8, 4) is 0 Å². The van der Waals surface area contributed by atoms with Gasteiger partial charge in [-0.1, -0.05) is 19.8 Å². The molecule has 1 aromatic carbocycles. The number of H-pyrrole nitrogens is 1. The molecule has 1 fully saturated rings. The highest BCUT2D eigenvalue weighted by molar-refractivity contribution is 7.94. The van der Waals surface area contributed by atoms with Crippen LogP contribution in [0.2, 0.25) is 0 Å². The number of hydrogen-bond donors (Lipinski definition) is 2. The van der Waals surface area contributed by atoms with Gasteiger partial charge in [0.25, 0.3) is 5.56 Å². The summed E-state index contributed by atoms with van der Waals surface area (Å²) in [6.45, 7) is 5.07. The SMILES string of the molecule is C[C@H]1CCCC[C@@H]1n1nc(Nc2ccc3c(c2)C(=O)C(C)(C)S3(=O)=O)c2c(=O)[nH]ccc21. The number of anilines is 2. The van der Waals surface area contributed by atoms with Crippen molar-refractivity contribution in [2.45, 2.75) is 62.1 Å². The first-order valence-corrected chi connectivity index (χ1v) is 12.4. The second-order valence-corrected chi connectivity index (χ2v) is 11.8. The van der Waals surface area contributed by atoms with Crippen LogP contribution in [-0.4, -0.2) is 33.7 Å². The van der Waals surface area contributed by atoms with E-state index in [9.17, 15) is 18.0 Å². The van der Waals surface area contributed by atoms with Gasteiger partial charge in [-0.2, -0.15) is 5.10 Å². The third-order valence-electron chi connectivity index (χ3n) is 7.01. The number of nitrogens with zero attached hydrogens (tertiary/aromatic N) is 2. The monoisotopic (exact) mass is 454 g/mol. The summed E-state index contributed by atoms with van der Waals surface area (Å²) in [5.74, 6) is 0.414. The van der Waals surface area contributed by atoms with Crippen molar-refractivity contribution in [2.24, 2.45) is 5.92 Å². The summed E-state index contributed by atoms with van der Waals surface area (Å²) in [5, 5.41) is 8.39. The first kappa shape index (κ1) is 20.9. The fraction of sp³-hybridized carbons (Fsp3) is 0.435. The van der Waals surface area contributed by atoms with Gasteiger partial charge in [0.1, 0.15) is 10.1 Å². The number of ketones is 1. The van der Waals surface area contributed by atoms with E-state index < -0.39 is 20.4 Å². The Balaban J connectivity index is 1.60. The molecule has 32 heavy (non-hydrogen) atoms. The van der Waals surface area contributed by atoms with E-state index in [2.05, 4.69) is 17.2 Å². The Morgan fingerprint density at radius 1 is 1.16 bits per heavy atom. The number of pyridine rings is 1. The highest BCUT2D eigenvalue weighted by Crippen LogP contribution is 2.41. The van der Waals surface area contributed by atoms with E-state index in [1.165, 1.54) is 32.4 Å². The summed E-state index contributed by atoms with van der Waals surface area (Å²) in [4.78, 5) is 28.2. The van der Waals surface area contributed by atoms with Gasteiger partial charge in [0, 0.05) is 17.4 Å². The molecule has 0 radical (unpaired) electrons. The van der Waals surface area contributed by atoms with E-state index in [-0.39, 0.29) is 22.1 Å². The van der Waals surface area contributed by atoms with Crippen LogP contribution in [0.1, 0.15) is 62.9 Å². The Morgan fingerprint density at radius 2 is 1.91 bits per heavy atom. The minimum atomic E-state index is -3.73. The average molecular weight is 455 g/mol. The summed E-state index contributed by atoms with van der Waals surface area (Å²) < 4.78 is 25.9. The zero-order valence-electron chi connectivity index (χ0n) is 18.3. The van der Waals surface area contributed by atoms with E-state index in [1.807, 2.05) is 10.7 Å². The molecule has 8 nitrogen and oxygen atoms in total. The van der Waals surface area contributed by atoms with Crippen LogP contribution in [0.3, 0.4) is 0 Å². The zero-order chi connectivity index (χ0) is 22.8. The minimum Gasteiger partial charge on any atom is -0.338 e. The van der Waals surface area contributed by atoms with Crippen molar-refractivity contribution in [1.82, 2.24) is 14.8 Å². The molecule has 0 spiro atoms. The van der Waals surface area contributed by atoms with Crippen molar-refractivity contribution in [3.05, 3.63) is 46.4 Å². The number of aromatic nitrogens is 3. The minimum absolute atomic E-state index is 0.0438. The largest absolute Gasteiger partial charge is 0.338 e. The summed E-state index contributed by atoms with van der Waals surface area (Å²) in [6.07, 6.45) is 6.07. The van der Waals surface area contributed by atoms with Gasteiger partial charge in [-0.25, -0.2) is 8.42 Å². The number of hydrogen-bond acceptors (Lipinski definition) is 6. The predicted octanol–water partition coefficient (Wildman–Crippen LogP) is 3.97. The molecule has 0 unspecified atom stereocenters. The van der Waals surface area contributed by atoms with Crippen LogP contribution in [0.4, 0.5) is 11.5 Å². The van der Waals surface area contributed by atoms with Gasteiger partial charge >= 0.3 is 0 Å². The molecule has 5 rings (SSSR count). The van der Waals surface area contributed by atoms with E-state index in [0.29, 0.717) is 22.8 Å². The van der Waals surface area contributed by atoms with Crippen molar-refractivity contribution < 1.29 is 13.2 Å². The predicted molar refractivity (Wildman–Crippen MR) is 122 cm³/mol. The van der Waals surface area contributed by atoms with E-state index in [4.69, 9.17) is 5.10 Å². The van der Waals surface area contributed by atoms with Gasteiger partial charge in [-0.3, -0.25) is 14.3 Å². The van der Waals surface area contributed by atoms with Gasteiger partial charge in [-0.05, 0) is 56.9 Å². The highest BCUT2D eigenvalue weighted by Gasteiger charge is 2.51. The normalized spacial score (nSPS) is 23.9. The van der Waals surface area contributed by atoms with Crippen LogP contribution in [0.15, 0.2) is 40.2 Å². The summed E-state index contributed by atoms with van der Waals surface area (Å²) >= 11 is 0. The fourth-order valence-corrected chi connectivity index (χ4v) is 6.57. The van der Waals surface area contributed by atoms with Crippen LogP contribution in [0.5, 0.6) is 0 Å². The summed E-state index contributed by atoms with van der Waals surface area (Å²) in [7, 11) is -3.73. The number of nitrogens with one attached hydrogen (secondary N) is 2. The molecule has 2 N–H and O–H groups in total. The summed E-state index contributed by atoms with van der Waals surface area (Å²) in [5.41, 5.74) is 1.19. The number of benzene rings is 1. The van der Waals surface area contributed by atoms with Gasteiger partial charge < -0.3 is 10.3 Å². The van der Waals surface area contributed by atoms with Crippen LogP contribution in [0.25, 0.3) is 10.9 Å². The molecular formula is C23H26N4O4S. The van der Waals surface area contributed by atoms with Crippen molar-refractivity contribution >= 4 is 38.0 Å². The zero-order valence-corrected chi connectivity index (χ0v) is 19.1. The second kappa shape index (κ2) is 7.03. The molecule has 0 saturated heterocycles. The standard InChI is InChI=1S/C23H26N4O4S/c1-13-6-4-5-7-16(13)27-17-10-11-24-22(29)19(17)21(26-27)25-14-8-9-18-15(12-14)20(28)23(2,3)32(18,30)31/h8-13,16H,4-7H2,1-3H3,(H,24,29)(H,25,26)/t13-,16-/m0/s1. The number of rotatable bonds is 3. The Kier molecular flexibility index (Phi) is 4.60. The first-order valence-electron chi connectivity index (χ1n) is 10.9. The maximum Gasteiger partial charge on any atom is 0.261 e. The lowest BCUT2D eigenvalue weighted by atomic mass is 9.86. The molecule has 3 heterocycles. The molecule has 1 aliphatic heterocycles. The molecule has 2 aliphatic rings. The third-order valence-corrected chi connectivity index (χ3v) is 9.47. The molecule has 0 amide bonds. The van der Waals surface area contributed by atoms with Crippen LogP contribution < -0.4 is 10.9 Å². The van der Waals surface area contributed by atoms with E-state index in [0.717, 1.165) is 24.8 Å². The molecular weight excluding hydrogens is 428 g/mol. The molecule has 9 heteroatoms. The van der Waals surface area contributed by atoms with Crippen molar-refractivity contribution in [2.75, 3.05) is 5.32 Å². The number of aromatic amines is 1. The molecule has 3 aromatic rings. The molecule has 168 valence electrons. The van der Waals surface area contributed by atoms with Crippen LogP contribution in [0, 0.1) is 5.92 Å². The van der Waals surface area contributed by atoms with Crippen molar-refractivity contribution in [1.29, 1.82) is 0 Å². The fourth-order valence-electron chi connectivity index (χ4n) is 4.98. The third kappa shape index (κ3) is 2.87. The Labute approximate surface area is 185 Å². The Bertz CT molecular complexity index is 1420. The van der Waals surface area contributed by atoms with E-state index in [1.54, 1.807) is 12.3 Å². The number of sulfone groups is 1. The number of carbonyl (C=O) groups is 1. The highest BCUT2D eigenvalue weighted by atomic mass is 32.2. The molecule has 0 bridgehead atoms. The Morgan fingerprint density at radius 3 is 2.66 bits per heavy atom. The molecule has 1 aliphatic carbocycles. The maximum absolute atomic E-state index is 12.8. The van der Waals surface area contributed by atoms with Crippen LogP contribution >= 0.6 is 0 Å². The van der Waals surface area contributed by atoms with Gasteiger partial charge in [0.15, 0.2) is 21.4 Å². The van der Waals surface area contributed by atoms with Gasteiger partial charge in [-0.15, -0.1) is 0 Å². The van der Waals surface area contributed by atoms with Gasteiger partial charge in [0.2, 0.25) is 0 Å². The number of fused-ring (bicyclic) bond motifs is 2. The number of carbonyl (C=O) groups excluding carboxylic acids is 1. The van der Waals surface area contributed by atoms with Gasteiger partial charge in [0.05, 0.1) is 16.5 Å². The Hall–Kier alpha value is -2.94. The van der Waals surface area contributed by atoms with Crippen molar-refractivity contribution in [3.63, 3.8) is 0 Å². The lowest BCUT2D eigenvalue weighted by Crippen LogP contribution is -2.33. The lowest BCUT2D eigenvalue weighted by Gasteiger charge is -2.29. The molecule has 1 saturated carbocycles. The number of Topliss-reactive ketones (excluding diaryl/α,β-unsaturated/α-hetero) is 1. The smallest absolute Gasteiger partial charge is 0.261 e.